The Balaban J connectivity index is 1.97. The predicted octanol–water partition coefficient (Wildman–Crippen LogP) is 1.78. The summed E-state index contributed by atoms with van der Waals surface area (Å²) in [5.41, 5.74) is 0. The molecule has 0 aliphatic carbocycles. The zero-order valence-corrected chi connectivity index (χ0v) is 10.5. The first kappa shape index (κ1) is 13.2. The molecule has 0 radical (unpaired) electrons. The first-order chi connectivity index (χ1) is 9.20. The molecule has 0 bridgehead atoms. The Morgan fingerprint density at radius 1 is 1.32 bits per heavy atom. The molecule has 0 aromatic carbocycles. The second-order valence-electron chi connectivity index (χ2n) is 3.90. The number of rotatable bonds is 7. The van der Waals surface area contributed by atoms with Crippen molar-refractivity contribution in [2.75, 3.05) is 13.1 Å². The standard InChI is InChI=1S/C11H14N4O4/c1-2-6-12-7-5-9-13-14-11(19-9)8-3-4-10(18-8)15(16)17/h3-4,12H,2,5-7H2,1H3. The lowest BCUT2D eigenvalue weighted by molar-refractivity contribution is -0.401. The van der Waals surface area contributed by atoms with Gasteiger partial charge in [-0.2, -0.15) is 0 Å². The summed E-state index contributed by atoms with van der Waals surface area (Å²) < 4.78 is 10.3. The van der Waals surface area contributed by atoms with Gasteiger partial charge in [0.05, 0.1) is 6.07 Å². The lowest BCUT2D eigenvalue weighted by Gasteiger charge is -1.98. The smallest absolute Gasteiger partial charge is 0.418 e. The third-order valence-corrected chi connectivity index (χ3v) is 2.39. The number of nitrogens with one attached hydrogen (secondary N) is 1. The van der Waals surface area contributed by atoms with Crippen LogP contribution in [0.4, 0.5) is 5.88 Å². The normalized spacial score (nSPS) is 10.8. The summed E-state index contributed by atoms with van der Waals surface area (Å²) in [6, 6.07) is 2.69. The number of hydrogen-bond donors (Lipinski definition) is 1. The van der Waals surface area contributed by atoms with Gasteiger partial charge in [-0.25, -0.2) is 0 Å². The molecule has 0 aliphatic rings. The molecule has 1 N–H and O–H groups in total. The van der Waals surface area contributed by atoms with Gasteiger partial charge < -0.3 is 14.2 Å². The number of aromatic nitrogens is 2. The highest BCUT2D eigenvalue weighted by Crippen LogP contribution is 2.24. The van der Waals surface area contributed by atoms with E-state index in [0.717, 1.165) is 19.5 Å². The summed E-state index contributed by atoms with van der Waals surface area (Å²) >= 11 is 0. The van der Waals surface area contributed by atoms with E-state index in [1.165, 1.54) is 12.1 Å². The molecule has 0 fully saturated rings. The average molecular weight is 266 g/mol. The van der Waals surface area contributed by atoms with Crippen molar-refractivity contribution < 1.29 is 13.8 Å². The Morgan fingerprint density at radius 2 is 2.16 bits per heavy atom. The van der Waals surface area contributed by atoms with Gasteiger partial charge in [-0.15, -0.1) is 10.2 Å². The van der Waals surface area contributed by atoms with Gasteiger partial charge in [0.2, 0.25) is 5.89 Å². The molecule has 2 aromatic rings. The fourth-order valence-electron chi connectivity index (χ4n) is 1.49. The summed E-state index contributed by atoms with van der Waals surface area (Å²) in [5, 5.41) is 21.4. The maximum absolute atomic E-state index is 10.5. The molecule has 0 saturated heterocycles. The van der Waals surface area contributed by atoms with E-state index < -0.39 is 4.92 Å². The van der Waals surface area contributed by atoms with Crippen LogP contribution in [0.5, 0.6) is 0 Å². The molecule has 0 amide bonds. The van der Waals surface area contributed by atoms with Crippen LogP contribution < -0.4 is 5.32 Å². The second-order valence-corrected chi connectivity index (χ2v) is 3.90. The number of nitro groups is 1. The van der Waals surface area contributed by atoms with E-state index in [4.69, 9.17) is 8.83 Å². The van der Waals surface area contributed by atoms with Gasteiger partial charge in [0.15, 0.2) is 5.76 Å². The minimum Gasteiger partial charge on any atom is -0.418 e. The van der Waals surface area contributed by atoms with Crippen LogP contribution in [0, 0.1) is 10.1 Å². The highest BCUT2D eigenvalue weighted by atomic mass is 16.6. The summed E-state index contributed by atoms with van der Waals surface area (Å²) in [4.78, 5) is 9.87. The van der Waals surface area contributed by atoms with Crippen LogP contribution in [0.1, 0.15) is 19.2 Å². The Kier molecular flexibility index (Phi) is 4.24. The van der Waals surface area contributed by atoms with Crippen LogP contribution in [-0.4, -0.2) is 28.2 Å². The third kappa shape index (κ3) is 3.38. The van der Waals surface area contributed by atoms with Crippen LogP contribution in [0.25, 0.3) is 11.7 Å². The van der Waals surface area contributed by atoms with Crippen molar-refractivity contribution in [2.45, 2.75) is 19.8 Å². The van der Waals surface area contributed by atoms with Gasteiger partial charge in [-0.3, -0.25) is 10.1 Å². The number of hydrogen-bond acceptors (Lipinski definition) is 7. The lowest BCUT2D eigenvalue weighted by Crippen LogP contribution is -2.17. The third-order valence-electron chi connectivity index (χ3n) is 2.39. The van der Waals surface area contributed by atoms with E-state index in [9.17, 15) is 10.1 Å². The highest BCUT2D eigenvalue weighted by molar-refractivity contribution is 5.45. The molecule has 2 rings (SSSR count). The highest BCUT2D eigenvalue weighted by Gasteiger charge is 2.17. The van der Waals surface area contributed by atoms with E-state index in [2.05, 4.69) is 22.4 Å². The molecule has 0 atom stereocenters. The van der Waals surface area contributed by atoms with Crippen LogP contribution in [0.2, 0.25) is 0 Å². The van der Waals surface area contributed by atoms with Gasteiger partial charge in [-0.05, 0) is 19.0 Å². The van der Waals surface area contributed by atoms with Crippen molar-refractivity contribution in [1.29, 1.82) is 0 Å². The Bertz CT molecular complexity index is 548. The van der Waals surface area contributed by atoms with E-state index in [-0.39, 0.29) is 17.5 Å². The van der Waals surface area contributed by atoms with Crippen molar-refractivity contribution >= 4 is 5.88 Å². The fourth-order valence-corrected chi connectivity index (χ4v) is 1.49. The second kappa shape index (κ2) is 6.10. The van der Waals surface area contributed by atoms with E-state index in [1.807, 2.05) is 0 Å². The molecular formula is C11H14N4O4. The molecule has 8 nitrogen and oxygen atoms in total. The van der Waals surface area contributed by atoms with Crippen LogP contribution >= 0.6 is 0 Å². The molecule has 0 unspecified atom stereocenters. The Hall–Kier alpha value is -2.22. The quantitative estimate of drug-likeness (QED) is 0.462. The molecule has 2 aromatic heterocycles. The number of nitrogens with zero attached hydrogens (tertiary/aromatic N) is 3. The topological polar surface area (TPSA) is 107 Å². The molecule has 19 heavy (non-hydrogen) atoms. The van der Waals surface area contributed by atoms with E-state index in [0.29, 0.717) is 12.3 Å². The van der Waals surface area contributed by atoms with Gasteiger partial charge in [-0.1, -0.05) is 6.92 Å². The molecule has 0 saturated carbocycles. The molecule has 0 aliphatic heterocycles. The lowest BCUT2D eigenvalue weighted by atomic mass is 10.4. The summed E-state index contributed by atoms with van der Waals surface area (Å²) in [5.74, 6) is 0.475. The van der Waals surface area contributed by atoms with Crippen molar-refractivity contribution in [3.05, 3.63) is 28.1 Å². The Morgan fingerprint density at radius 3 is 2.84 bits per heavy atom. The van der Waals surface area contributed by atoms with E-state index in [1.54, 1.807) is 0 Å². The van der Waals surface area contributed by atoms with E-state index >= 15 is 0 Å². The summed E-state index contributed by atoms with van der Waals surface area (Å²) in [6.07, 6.45) is 1.67. The molecular weight excluding hydrogens is 252 g/mol. The summed E-state index contributed by atoms with van der Waals surface area (Å²) in [7, 11) is 0. The minimum absolute atomic E-state index is 0.151. The largest absolute Gasteiger partial charge is 0.433 e. The zero-order chi connectivity index (χ0) is 13.7. The number of furan rings is 1. The summed E-state index contributed by atoms with van der Waals surface area (Å²) in [6.45, 7) is 3.76. The monoisotopic (exact) mass is 266 g/mol. The molecule has 2 heterocycles. The van der Waals surface area contributed by atoms with Crippen LogP contribution in [-0.2, 0) is 6.42 Å². The van der Waals surface area contributed by atoms with Crippen LogP contribution in [0.3, 0.4) is 0 Å². The average Bonchev–Trinajstić information content (AvgIpc) is 3.03. The van der Waals surface area contributed by atoms with Gasteiger partial charge in [0, 0.05) is 13.0 Å². The SMILES string of the molecule is CCCNCCc1nnc(-c2ccc([N+](=O)[O-])o2)o1. The first-order valence-corrected chi connectivity index (χ1v) is 5.98. The van der Waals surface area contributed by atoms with Crippen molar-refractivity contribution in [3.8, 4) is 11.7 Å². The van der Waals surface area contributed by atoms with Gasteiger partial charge in [0.25, 0.3) is 5.89 Å². The molecule has 102 valence electrons. The maximum Gasteiger partial charge on any atom is 0.433 e. The molecule has 0 spiro atoms. The fraction of sp³-hybridized carbons (Fsp3) is 0.455. The van der Waals surface area contributed by atoms with Gasteiger partial charge in [0.1, 0.15) is 4.92 Å². The molecule has 8 heteroatoms. The van der Waals surface area contributed by atoms with Crippen LogP contribution in [0.15, 0.2) is 21.0 Å². The predicted molar refractivity (Wildman–Crippen MR) is 65.5 cm³/mol. The zero-order valence-electron chi connectivity index (χ0n) is 10.5. The van der Waals surface area contributed by atoms with Gasteiger partial charge >= 0.3 is 5.88 Å². The first-order valence-electron chi connectivity index (χ1n) is 5.98. The minimum atomic E-state index is -0.616. The maximum atomic E-state index is 10.5. The van der Waals surface area contributed by atoms with Crippen molar-refractivity contribution in [1.82, 2.24) is 15.5 Å². The van der Waals surface area contributed by atoms with Crippen molar-refractivity contribution in [2.24, 2.45) is 0 Å². The van der Waals surface area contributed by atoms with Crippen molar-refractivity contribution in [3.63, 3.8) is 0 Å². The Labute approximate surface area is 109 Å².